The van der Waals surface area contributed by atoms with Gasteiger partial charge >= 0.3 is 0 Å². The summed E-state index contributed by atoms with van der Waals surface area (Å²) in [6, 6.07) is 9.39. The van der Waals surface area contributed by atoms with Gasteiger partial charge in [-0.2, -0.15) is 0 Å². The Hall–Kier alpha value is -0.820. The fourth-order valence-electron chi connectivity index (χ4n) is 3.22. The van der Waals surface area contributed by atoms with Crippen molar-refractivity contribution in [1.29, 1.82) is 0 Å². The van der Waals surface area contributed by atoms with E-state index < -0.39 is 0 Å². The molecule has 1 saturated heterocycles. The number of rotatable bonds is 3. The molecule has 1 nitrogen and oxygen atoms in total. The predicted molar refractivity (Wildman–Crippen MR) is 88.4 cm³/mol. The summed E-state index contributed by atoms with van der Waals surface area (Å²) in [6.07, 6.45) is 2.64. The molecule has 1 fully saturated rings. The molecule has 0 atom stereocenters. The van der Waals surface area contributed by atoms with Crippen molar-refractivity contribution in [1.82, 2.24) is 4.90 Å². The molecule has 1 heteroatoms. The second kappa shape index (κ2) is 6.30. The highest BCUT2D eigenvalue weighted by Crippen LogP contribution is 2.30. The van der Waals surface area contributed by atoms with Crippen molar-refractivity contribution >= 4 is 0 Å². The molecule has 1 aromatic carbocycles. The zero-order valence-corrected chi connectivity index (χ0v) is 13.9. The second-order valence-corrected chi connectivity index (χ2v) is 7.84. The predicted octanol–water partition coefficient (Wildman–Crippen LogP) is 4.82. The van der Waals surface area contributed by atoms with Gasteiger partial charge in [0.05, 0.1) is 0 Å². The van der Waals surface area contributed by atoms with Gasteiger partial charge in [0.2, 0.25) is 0 Å². The Morgan fingerprint density at radius 2 is 1.60 bits per heavy atom. The third-order valence-electron chi connectivity index (χ3n) is 4.46. The standard InChI is InChI=1S/C19H31N/c1-15(2)14-20-12-10-17(11-13-20)16-6-8-18(9-7-16)19(3,4)5/h6-9,15,17H,10-14H2,1-5H3. The van der Waals surface area contributed by atoms with Crippen molar-refractivity contribution in [2.24, 2.45) is 5.92 Å². The molecule has 0 aromatic heterocycles. The molecule has 112 valence electrons. The summed E-state index contributed by atoms with van der Waals surface area (Å²) < 4.78 is 0. The topological polar surface area (TPSA) is 3.24 Å². The summed E-state index contributed by atoms with van der Waals surface area (Å²) >= 11 is 0. The minimum atomic E-state index is 0.263. The highest BCUT2D eigenvalue weighted by Gasteiger charge is 2.21. The van der Waals surface area contributed by atoms with Gasteiger partial charge < -0.3 is 4.90 Å². The summed E-state index contributed by atoms with van der Waals surface area (Å²) in [4.78, 5) is 2.63. The van der Waals surface area contributed by atoms with Crippen LogP contribution in [0.15, 0.2) is 24.3 Å². The van der Waals surface area contributed by atoms with Crippen LogP contribution in [0.2, 0.25) is 0 Å². The molecule has 2 rings (SSSR count). The van der Waals surface area contributed by atoms with E-state index in [2.05, 4.69) is 63.8 Å². The molecule has 0 amide bonds. The van der Waals surface area contributed by atoms with Crippen LogP contribution >= 0.6 is 0 Å². The van der Waals surface area contributed by atoms with Gasteiger partial charge in [-0.1, -0.05) is 58.9 Å². The largest absolute Gasteiger partial charge is 0.303 e. The summed E-state index contributed by atoms with van der Waals surface area (Å²) in [5.74, 6) is 1.56. The van der Waals surface area contributed by atoms with Crippen LogP contribution in [-0.4, -0.2) is 24.5 Å². The Labute approximate surface area is 125 Å². The average molecular weight is 273 g/mol. The van der Waals surface area contributed by atoms with Gasteiger partial charge in [0.25, 0.3) is 0 Å². The third-order valence-corrected chi connectivity index (χ3v) is 4.46. The van der Waals surface area contributed by atoms with Crippen molar-refractivity contribution in [3.05, 3.63) is 35.4 Å². The first-order valence-corrected chi connectivity index (χ1v) is 8.19. The van der Waals surface area contributed by atoms with Crippen LogP contribution in [0.1, 0.15) is 64.5 Å². The number of likely N-dealkylation sites (tertiary alicyclic amines) is 1. The van der Waals surface area contributed by atoms with Crippen molar-refractivity contribution in [3.8, 4) is 0 Å². The van der Waals surface area contributed by atoms with Gasteiger partial charge in [0.15, 0.2) is 0 Å². The Morgan fingerprint density at radius 3 is 2.05 bits per heavy atom. The van der Waals surface area contributed by atoms with Crippen LogP contribution in [0, 0.1) is 5.92 Å². The first kappa shape index (κ1) is 15.6. The number of hydrogen-bond acceptors (Lipinski definition) is 1. The molecule has 1 heterocycles. The van der Waals surface area contributed by atoms with Gasteiger partial charge in [0, 0.05) is 6.54 Å². The van der Waals surface area contributed by atoms with E-state index in [4.69, 9.17) is 0 Å². The average Bonchev–Trinajstić information content (AvgIpc) is 2.38. The summed E-state index contributed by atoms with van der Waals surface area (Å²) in [5, 5.41) is 0. The Kier molecular flexibility index (Phi) is 4.90. The van der Waals surface area contributed by atoms with E-state index in [9.17, 15) is 0 Å². The molecule has 0 saturated carbocycles. The molecule has 1 aromatic rings. The molecule has 20 heavy (non-hydrogen) atoms. The van der Waals surface area contributed by atoms with Crippen LogP contribution in [0.5, 0.6) is 0 Å². The first-order chi connectivity index (χ1) is 9.36. The maximum absolute atomic E-state index is 2.63. The van der Waals surface area contributed by atoms with E-state index in [0.29, 0.717) is 0 Å². The summed E-state index contributed by atoms with van der Waals surface area (Å²) in [5.41, 5.74) is 3.25. The van der Waals surface area contributed by atoms with Crippen molar-refractivity contribution in [2.45, 2.75) is 58.8 Å². The van der Waals surface area contributed by atoms with Crippen LogP contribution in [-0.2, 0) is 5.41 Å². The van der Waals surface area contributed by atoms with E-state index in [1.807, 2.05) is 0 Å². The van der Waals surface area contributed by atoms with Crippen molar-refractivity contribution < 1.29 is 0 Å². The van der Waals surface area contributed by atoms with Crippen molar-refractivity contribution in [2.75, 3.05) is 19.6 Å². The van der Waals surface area contributed by atoms with Gasteiger partial charge in [-0.05, 0) is 54.3 Å². The molecule has 0 unspecified atom stereocenters. The fraction of sp³-hybridized carbons (Fsp3) is 0.684. The SMILES string of the molecule is CC(C)CN1CCC(c2ccc(C(C)(C)C)cc2)CC1. The van der Waals surface area contributed by atoms with Crippen molar-refractivity contribution in [3.63, 3.8) is 0 Å². The maximum atomic E-state index is 2.63. The van der Waals surface area contributed by atoms with Crippen LogP contribution in [0.3, 0.4) is 0 Å². The lowest BCUT2D eigenvalue weighted by Crippen LogP contribution is -2.35. The lowest BCUT2D eigenvalue weighted by molar-refractivity contribution is 0.192. The van der Waals surface area contributed by atoms with E-state index in [1.54, 1.807) is 5.56 Å². The molecule has 0 aliphatic carbocycles. The van der Waals surface area contributed by atoms with Crippen LogP contribution in [0.25, 0.3) is 0 Å². The van der Waals surface area contributed by atoms with Crippen LogP contribution < -0.4 is 0 Å². The minimum absolute atomic E-state index is 0.263. The van der Waals surface area contributed by atoms with E-state index in [1.165, 1.54) is 38.0 Å². The smallest absolute Gasteiger partial charge is 0.000439 e. The van der Waals surface area contributed by atoms with E-state index in [-0.39, 0.29) is 5.41 Å². The van der Waals surface area contributed by atoms with Gasteiger partial charge in [-0.15, -0.1) is 0 Å². The van der Waals surface area contributed by atoms with Gasteiger partial charge in [0.1, 0.15) is 0 Å². The zero-order chi connectivity index (χ0) is 14.8. The van der Waals surface area contributed by atoms with Gasteiger partial charge in [-0.3, -0.25) is 0 Å². The maximum Gasteiger partial charge on any atom is 0.000439 e. The lowest BCUT2D eigenvalue weighted by Gasteiger charge is -2.33. The van der Waals surface area contributed by atoms with E-state index in [0.717, 1.165) is 11.8 Å². The highest BCUT2D eigenvalue weighted by molar-refractivity contribution is 5.29. The highest BCUT2D eigenvalue weighted by atomic mass is 15.1. The summed E-state index contributed by atoms with van der Waals surface area (Å²) in [7, 11) is 0. The van der Waals surface area contributed by atoms with Gasteiger partial charge in [-0.25, -0.2) is 0 Å². The molecule has 1 aliphatic rings. The van der Waals surface area contributed by atoms with Crippen LogP contribution in [0.4, 0.5) is 0 Å². The second-order valence-electron chi connectivity index (χ2n) is 7.84. The number of hydrogen-bond donors (Lipinski definition) is 0. The molecule has 0 bridgehead atoms. The Morgan fingerprint density at radius 1 is 1.05 bits per heavy atom. The quantitative estimate of drug-likeness (QED) is 0.763. The lowest BCUT2D eigenvalue weighted by atomic mass is 9.84. The normalized spacial score (nSPS) is 18.7. The molecule has 1 aliphatic heterocycles. The summed E-state index contributed by atoms with van der Waals surface area (Å²) in [6.45, 7) is 15.3. The molecule has 0 radical (unpaired) electrons. The molecular weight excluding hydrogens is 242 g/mol. The third kappa shape index (κ3) is 4.09. The van der Waals surface area contributed by atoms with E-state index >= 15 is 0 Å². The number of piperidine rings is 1. The molecule has 0 N–H and O–H groups in total. The zero-order valence-electron chi connectivity index (χ0n) is 13.9. The molecular formula is C19H31N. The first-order valence-electron chi connectivity index (χ1n) is 8.19. The fourth-order valence-corrected chi connectivity index (χ4v) is 3.22. The Balaban J connectivity index is 1.94. The number of nitrogens with zero attached hydrogens (tertiary/aromatic N) is 1. The monoisotopic (exact) mass is 273 g/mol. The molecule has 0 spiro atoms. The minimum Gasteiger partial charge on any atom is -0.303 e. The number of benzene rings is 1. The Bertz CT molecular complexity index is 402.